The van der Waals surface area contributed by atoms with Crippen LogP contribution in [-0.2, 0) is 4.79 Å². The fraction of sp³-hybridized carbons (Fsp3) is 0.125. The third kappa shape index (κ3) is 1.01. The summed E-state index contributed by atoms with van der Waals surface area (Å²) in [4.78, 5) is 13.4. The van der Waals surface area contributed by atoms with E-state index in [0.717, 1.165) is 18.0 Å². The van der Waals surface area contributed by atoms with Crippen LogP contribution in [-0.4, -0.2) is 12.3 Å². The number of para-hydroxylation sites is 1. The number of thioether (sulfide) groups is 1. The van der Waals surface area contributed by atoms with Crippen LogP contribution >= 0.6 is 11.8 Å². The van der Waals surface area contributed by atoms with E-state index in [1.165, 1.54) is 4.90 Å². The molecule has 0 atom stereocenters. The summed E-state index contributed by atoms with van der Waals surface area (Å²) in [5.74, 6) is 0.753. The molecule has 0 aliphatic carbocycles. The number of carbonyl (C=O) groups is 1. The fourth-order valence-electron chi connectivity index (χ4n) is 1.11. The Kier molecular flexibility index (Phi) is 1.58. The molecule has 0 radical (unpaired) electrons. The second kappa shape index (κ2) is 2.58. The van der Waals surface area contributed by atoms with Gasteiger partial charge < -0.3 is 4.90 Å². The Hall–Kier alpha value is -0.960. The van der Waals surface area contributed by atoms with Gasteiger partial charge in [0.15, 0.2) is 0 Å². The highest BCUT2D eigenvalue weighted by Crippen LogP contribution is 2.36. The molecule has 0 saturated heterocycles. The average Bonchev–Trinajstić information content (AvgIpc) is 2.47. The molecular formula is C8H7NOS. The van der Waals surface area contributed by atoms with Gasteiger partial charge in [0, 0.05) is 4.90 Å². The first kappa shape index (κ1) is 6.73. The number of amides is 1. The predicted octanol–water partition coefficient (Wildman–Crippen LogP) is 1.71. The van der Waals surface area contributed by atoms with Gasteiger partial charge >= 0.3 is 0 Å². The highest BCUT2D eigenvalue weighted by atomic mass is 32.2. The van der Waals surface area contributed by atoms with Crippen molar-refractivity contribution in [3.05, 3.63) is 24.3 Å². The van der Waals surface area contributed by atoms with Crippen LogP contribution in [0.15, 0.2) is 29.2 Å². The zero-order valence-corrected chi connectivity index (χ0v) is 6.67. The van der Waals surface area contributed by atoms with Gasteiger partial charge in [-0.1, -0.05) is 12.1 Å². The topological polar surface area (TPSA) is 20.3 Å². The van der Waals surface area contributed by atoms with E-state index in [4.69, 9.17) is 0 Å². The first-order chi connectivity index (χ1) is 5.42. The minimum Gasteiger partial charge on any atom is -0.304 e. The number of fused-ring (bicyclic) bond motifs is 1. The maximum Gasteiger partial charge on any atom is 0.214 e. The summed E-state index contributed by atoms with van der Waals surface area (Å²) in [6, 6.07) is 7.93. The van der Waals surface area contributed by atoms with Crippen molar-refractivity contribution in [2.75, 3.05) is 10.8 Å². The van der Waals surface area contributed by atoms with Crippen molar-refractivity contribution < 1.29 is 4.79 Å². The molecule has 0 bridgehead atoms. The number of carbonyl (C=O) groups excluding carboxylic acids is 1. The van der Waals surface area contributed by atoms with E-state index in [9.17, 15) is 4.79 Å². The monoisotopic (exact) mass is 165 g/mol. The molecule has 1 amide bonds. The molecular weight excluding hydrogens is 158 g/mol. The molecule has 0 aromatic heterocycles. The lowest BCUT2D eigenvalue weighted by Gasteiger charge is -2.06. The van der Waals surface area contributed by atoms with Crippen molar-refractivity contribution in [2.24, 2.45) is 0 Å². The van der Waals surface area contributed by atoms with E-state index in [2.05, 4.69) is 0 Å². The first-order valence-corrected chi connectivity index (χ1v) is 4.34. The van der Waals surface area contributed by atoms with Crippen LogP contribution in [0.2, 0.25) is 0 Å². The lowest BCUT2D eigenvalue weighted by molar-refractivity contribution is -0.107. The number of hydrogen-bond acceptors (Lipinski definition) is 2. The fourth-order valence-corrected chi connectivity index (χ4v) is 2.10. The van der Waals surface area contributed by atoms with Gasteiger partial charge in [-0.2, -0.15) is 0 Å². The van der Waals surface area contributed by atoms with Crippen molar-refractivity contribution in [1.82, 2.24) is 0 Å². The Labute approximate surface area is 69.2 Å². The van der Waals surface area contributed by atoms with E-state index in [-0.39, 0.29) is 0 Å². The quantitative estimate of drug-likeness (QED) is 0.590. The molecule has 11 heavy (non-hydrogen) atoms. The first-order valence-electron chi connectivity index (χ1n) is 3.35. The van der Waals surface area contributed by atoms with Crippen molar-refractivity contribution in [2.45, 2.75) is 4.90 Å². The van der Waals surface area contributed by atoms with E-state index in [1.54, 1.807) is 16.7 Å². The molecule has 1 heterocycles. The smallest absolute Gasteiger partial charge is 0.214 e. The molecule has 56 valence electrons. The van der Waals surface area contributed by atoms with Gasteiger partial charge in [0.25, 0.3) is 0 Å². The highest BCUT2D eigenvalue weighted by Gasteiger charge is 2.17. The summed E-state index contributed by atoms with van der Waals surface area (Å²) >= 11 is 1.70. The third-order valence-corrected chi connectivity index (χ3v) is 2.72. The molecule has 0 unspecified atom stereocenters. The van der Waals surface area contributed by atoms with Crippen LogP contribution in [0, 0.1) is 0 Å². The van der Waals surface area contributed by atoms with Crippen LogP contribution in [0.5, 0.6) is 0 Å². The van der Waals surface area contributed by atoms with Crippen molar-refractivity contribution >= 4 is 23.9 Å². The maximum atomic E-state index is 10.5. The molecule has 1 aromatic carbocycles. The molecule has 1 aromatic rings. The van der Waals surface area contributed by atoms with Crippen LogP contribution in [0.3, 0.4) is 0 Å². The van der Waals surface area contributed by atoms with Crippen molar-refractivity contribution in [3.8, 4) is 0 Å². The standard InChI is InChI=1S/C8H7NOS/c10-5-9-6-11-8-4-2-1-3-7(8)9/h1-5H,6H2. The predicted molar refractivity (Wildman–Crippen MR) is 45.7 cm³/mol. The van der Waals surface area contributed by atoms with Crippen LogP contribution in [0.1, 0.15) is 0 Å². The van der Waals surface area contributed by atoms with Gasteiger partial charge in [-0.05, 0) is 12.1 Å². The second-order valence-electron chi connectivity index (χ2n) is 2.32. The zero-order valence-electron chi connectivity index (χ0n) is 5.86. The van der Waals surface area contributed by atoms with Gasteiger partial charge in [0.2, 0.25) is 6.41 Å². The molecule has 2 nitrogen and oxygen atoms in total. The molecule has 0 spiro atoms. The normalized spacial score (nSPS) is 14.7. The zero-order chi connectivity index (χ0) is 7.68. The molecule has 0 saturated carbocycles. The number of anilines is 1. The Balaban J connectivity index is 2.46. The molecule has 1 aliphatic heterocycles. The van der Waals surface area contributed by atoms with Gasteiger partial charge in [0.1, 0.15) is 0 Å². The van der Waals surface area contributed by atoms with E-state index < -0.39 is 0 Å². The Morgan fingerprint density at radius 2 is 2.27 bits per heavy atom. The van der Waals surface area contributed by atoms with Crippen LogP contribution in [0.25, 0.3) is 0 Å². The molecule has 2 rings (SSSR count). The van der Waals surface area contributed by atoms with Crippen molar-refractivity contribution in [1.29, 1.82) is 0 Å². The minimum absolute atomic E-state index is 0.753. The Bertz CT molecular complexity index is 287. The van der Waals surface area contributed by atoms with E-state index in [0.29, 0.717) is 0 Å². The number of benzene rings is 1. The highest BCUT2D eigenvalue weighted by molar-refractivity contribution is 7.99. The Morgan fingerprint density at radius 1 is 1.45 bits per heavy atom. The average molecular weight is 165 g/mol. The van der Waals surface area contributed by atoms with Crippen LogP contribution in [0.4, 0.5) is 5.69 Å². The number of rotatable bonds is 1. The summed E-state index contributed by atoms with van der Waals surface area (Å²) in [5, 5.41) is 0. The van der Waals surface area contributed by atoms with Crippen molar-refractivity contribution in [3.63, 3.8) is 0 Å². The molecule has 0 N–H and O–H groups in total. The summed E-state index contributed by atoms with van der Waals surface area (Å²) in [6.45, 7) is 0. The third-order valence-electron chi connectivity index (χ3n) is 1.66. The Morgan fingerprint density at radius 3 is 3.09 bits per heavy atom. The van der Waals surface area contributed by atoms with Gasteiger partial charge in [-0.15, -0.1) is 11.8 Å². The molecule has 1 aliphatic rings. The summed E-state index contributed by atoms with van der Waals surface area (Å²) < 4.78 is 0. The lowest BCUT2D eigenvalue weighted by atomic mass is 10.3. The second-order valence-corrected chi connectivity index (χ2v) is 3.30. The van der Waals surface area contributed by atoms with E-state index in [1.807, 2.05) is 24.3 Å². The summed E-state index contributed by atoms with van der Waals surface area (Å²) in [6.07, 6.45) is 0.874. The van der Waals surface area contributed by atoms with Gasteiger partial charge in [0.05, 0.1) is 11.6 Å². The van der Waals surface area contributed by atoms with Gasteiger partial charge in [-0.25, -0.2) is 0 Å². The molecule has 3 heteroatoms. The minimum atomic E-state index is 0.753. The largest absolute Gasteiger partial charge is 0.304 e. The van der Waals surface area contributed by atoms with Crippen LogP contribution < -0.4 is 4.90 Å². The SMILES string of the molecule is O=CN1CSc2ccccc21. The maximum absolute atomic E-state index is 10.5. The lowest BCUT2D eigenvalue weighted by Crippen LogP contribution is -2.15. The molecule has 0 fully saturated rings. The summed E-state index contributed by atoms with van der Waals surface area (Å²) in [7, 11) is 0. The van der Waals surface area contributed by atoms with Gasteiger partial charge in [-0.3, -0.25) is 4.79 Å². The number of hydrogen-bond donors (Lipinski definition) is 0. The number of nitrogens with zero attached hydrogens (tertiary/aromatic N) is 1. The summed E-state index contributed by atoms with van der Waals surface area (Å²) in [5.41, 5.74) is 1.03. The van der Waals surface area contributed by atoms with E-state index >= 15 is 0 Å².